The van der Waals surface area contributed by atoms with Gasteiger partial charge in [-0.1, -0.05) is 19.8 Å². The Bertz CT molecular complexity index is 412. The summed E-state index contributed by atoms with van der Waals surface area (Å²) >= 11 is 5.28. The van der Waals surface area contributed by atoms with Gasteiger partial charge in [0.15, 0.2) is 0 Å². The lowest BCUT2D eigenvalue weighted by Crippen LogP contribution is -2.57. The summed E-state index contributed by atoms with van der Waals surface area (Å²) < 4.78 is 7.08. The summed E-state index contributed by atoms with van der Waals surface area (Å²) in [4.78, 5) is 1.34. The van der Waals surface area contributed by atoms with E-state index in [1.54, 1.807) is 11.3 Å². The van der Waals surface area contributed by atoms with Crippen molar-refractivity contribution < 1.29 is 4.74 Å². The molecule has 1 aliphatic carbocycles. The smallest absolute Gasteiger partial charge is 0.0850 e. The van der Waals surface area contributed by atoms with Gasteiger partial charge in [0.05, 0.1) is 11.6 Å². The summed E-state index contributed by atoms with van der Waals surface area (Å²) in [5, 5.41) is 2.12. The van der Waals surface area contributed by atoms with Gasteiger partial charge in [0.2, 0.25) is 0 Å². The van der Waals surface area contributed by atoms with Crippen molar-refractivity contribution in [2.24, 2.45) is 11.8 Å². The van der Waals surface area contributed by atoms with E-state index in [0.29, 0.717) is 5.92 Å². The normalized spacial score (nSPS) is 29.4. The van der Waals surface area contributed by atoms with Gasteiger partial charge in [0.1, 0.15) is 0 Å². The predicted molar refractivity (Wildman–Crippen MR) is 84.2 cm³/mol. The number of hydrogen-bond acceptors (Lipinski definition) is 4. The SMILES string of the molecule is COC1(C(Cc2cc(Br)cs2)NN)CCCC(C)C1. The van der Waals surface area contributed by atoms with Gasteiger partial charge in [-0.2, -0.15) is 0 Å². The van der Waals surface area contributed by atoms with E-state index >= 15 is 0 Å². The molecule has 3 unspecified atom stereocenters. The van der Waals surface area contributed by atoms with Crippen molar-refractivity contribution in [3.8, 4) is 0 Å². The number of thiophene rings is 1. The van der Waals surface area contributed by atoms with Crippen LogP contribution in [-0.4, -0.2) is 18.8 Å². The fourth-order valence-electron chi connectivity index (χ4n) is 3.25. The quantitative estimate of drug-likeness (QED) is 0.633. The lowest BCUT2D eigenvalue weighted by Gasteiger charge is -2.44. The second-order valence-corrected chi connectivity index (χ2v) is 7.54. The summed E-state index contributed by atoms with van der Waals surface area (Å²) in [5.41, 5.74) is 2.89. The Morgan fingerprint density at radius 2 is 2.47 bits per heavy atom. The average Bonchev–Trinajstić information content (AvgIpc) is 2.81. The predicted octanol–water partition coefficient (Wildman–Crippen LogP) is 3.48. The Morgan fingerprint density at radius 3 is 3.00 bits per heavy atom. The molecule has 0 aromatic carbocycles. The zero-order valence-corrected chi connectivity index (χ0v) is 14.0. The Hall–Kier alpha value is 0.0600. The Balaban J connectivity index is 2.13. The fourth-order valence-corrected chi connectivity index (χ4v) is 4.74. The highest BCUT2D eigenvalue weighted by Crippen LogP contribution is 2.38. The molecule has 19 heavy (non-hydrogen) atoms. The molecule has 0 aliphatic heterocycles. The fraction of sp³-hybridized carbons (Fsp3) is 0.714. The zero-order valence-electron chi connectivity index (χ0n) is 11.6. The van der Waals surface area contributed by atoms with E-state index < -0.39 is 0 Å². The van der Waals surface area contributed by atoms with Crippen molar-refractivity contribution in [2.75, 3.05) is 7.11 Å². The maximum Gasteiger partial charge on any atom is 0.0850 e. The third-order valence-corrected chi connectivity index (χ3v) is 5.98. The van der Waals surface area contributed by atoms with E-state index in [2.05, 4.69) is 39.7 Å². The van der Waals surface area contributed by atoms with Crippen molar-refractivity contribution in [3.05, 3.63) is 20.8 Å². The summed E-state index contributed by atoms with van der Waals surface area (Å²) in [7, 11) is 1.83. The van der Waals surface area contributed by atoms with E-state index in [1.165, 1.54) is 17.7 Å². The minimum atomic E-state index is -0.122. The van der Waals surface area contributed by atoms with Crippen LogP contribution in [0.3, 0.4) is 0 Å². The van der Waals surface area contributed by atoms with Crippen molar-refractivity contribution in [1.29, 1.82) is 0 Å². The highest BCUT2D eigenvalue weighted by Gasteiger charge is 2.41. The lowest BCUT2D eigenvalue weighted by molar-refractivity contribution is -0.0789. The molecule has 1 aliphatic rings. The van der Waals surface area contributed by atoms with Gasteiger partial charge in [-0.05, 0) is 40.8 Å². The molecule has 108 valence electrons. The summed E-state index contributed by atoms with van der Waals surface area (Å²) in [6, 6.07) is 2.34. The van der Waals surface area contributed by atoms with Gasteiger partial charge in [0.25, 0.3) is 0 Å². The number of nitrogens with one attached hydrogen (secondary N) is 1. The minimum absolute atomic E-state index is 0.122. The monoisotopic (exact) mass is 346 g/mol. The summed E-state index contributed by atoms with van der Waals surface area (Å²) in [6.45, 7) is 2.31. The highest BCUT2D eigenvalue weighted by atomic mass is 79.9. The molecular weight excluding hydrogens is 324 g/mol. The van der Waals surface area contributed by atoms with Crippen LogP contribution in [0.5, 0.6) is 0 Å². The first-order valence-corrected chi connectivity index (χ1v) is 8.51. The van der Waals surface area contributed by atoms with Gasteiger partial charge < -0.3 is 4.74 Å². The number of rotatable bonds is 5. The van der Waals surface area contributed by atoms with Crippen LogP contribution in [0.25, 0.3) is 0 Å². The van der Waals surface area contributed by atoms with Crippen molar-refractivity contribution >= 4 is 27.3 Å². The molecule has 1 saturated carbocycles. The van der Waals surface area contributed by atoms with E-state index in [-0.39, 0.29) is 11.6 Å². The van der Waals surface area contributed by atoms with Crippen LogP contribution in [0.2, 0.25) is 0 Å². The largest absolute Gasteiger partial charge is 0.377 e. The summed E-state index contributed by atoms with van der Waals surface area (Å²) in [6.07, 6.45) is 5.63. The van der Waals surface area contributed by atoms with Crippen molar-refractivity contribution in [1.82, 2.24) is 5.43 Å². The molecule has 1 aromatic rings. The second kappa shape index (κ2) is 6.68. The number of nitrogens with two attached hydrogens (primary N) is 1. The van der Waals surface area contributed by atoms with Gasteiger partial charge in [0, 0.05) is 28.3 Å². The van der Waals surface area contributed by atoms with E-state index in [1.807, 2.05) is 7.11 Å². The molecule has 0 bridgehead atoms. The highest BCUT2D eigenvalue weighted by molar-refractivity contribution is 9.10. The molecule has 3 nitrogen and oxygen atoms in total. The number of ether oxygens (including phenoxy) is 1. The molecule has 0 radical (unpaired) electrons. The molecule has 0 amide bonds. The van der Waals surface area contributed by atoms with Crippen LogP contribution >= 0.6 is 27.3 Å². The first-order valence-electron chi connectivity index (χ1n) is 6.84. The van der Waals surface area contributed by atoms with Crippen molar-refractivity contribution in [3.63, 3.8) is 0 Å². The van der Waals surface area contributed by atoms with E-state index in [4.69, 9.17) is 10.6 Å². The maximum absolute atomic E-state index is 5.93. The third kappa shape index (κ3) is 3.58. The molecule has 1 aromatic heterocycles. The van der Waals surface area contributed by atoms with Crippen LogP contribution in [-0.2, 0) is 11.2 Å². The first-order chi connectivity index (χ1) is 9.09. The van der Waals surface area contributed by atoms with Crippen LogP contribution in [0.1, 0.15) is 37.5 Å². The zero-order chi connectivity index (χ0) is 13.9. The van der Waals surface area contributed by atoms with Crippen LogP contribution in [0, 0.1) is 5.92 Å². The Labute approximate surface area is 128 Å². The Morgan fingerprint density at radius 1 is 1.68 bits per heavy atom. The number of hydrogen-bond donors (Lipinski definition) is 2. The lowest BCUT2D eigenvalue weighted by atomic mass is 9.73. The number of methoxy groups -OCH3 is 1. The number of hydrazine groups is 1. The number of halogens is 1. The second-order valence-electron chi connectivity index (χ2n) is 5.63. The van der Waals surface area contributed by atoms with Crippen LogP contribution in [0.4, 0.5) is 0 Å². The van der Waals surface area contributed by atoms with Gasteiger partial charge in [-0.15, -0.1) is 11.3 Å². The van der Waals surface area contributed by atoms with Crippen LogP contribution < -0.4 is 11.3 Å². The molecule has 2 rings (SSSR count). The third-order valence-electron chi connectivity index (χ3n) is 4.26. The molecule has 3 atom stereocenters. The molecule has 1 fully saturated rings. The molecular formula is C14H23BrN2OS. The first kappa shape index (κ1) is 15.4. The Kier molecular flexibility index (Phi) is 5.43. The van der Waals surface area contributed by atoms with Gasteiger partial charge in [-0.25, -0.2) is 0 Å². The van der Waals surface area contributed by atoms with Gasteiger partial charge in [-0.3, -0.25) is 11.3 Å². The standard InChI is InChI=1S/C14H23BrN2OS/c1-10-4-3-5-14(8-10,18-2)13(17-16)7-12-6-11(15)9-19-12/h6,9-10,13,17H,3-5,7-8,16H2,1-2H3. The summed E-state index contributed by atoms with van der Waals surface area (Å²) in [5.74, 6) is 6.54. The van der Waals surface area contributed by atoms with Gasteiger partial charge >= 0.3 is 0 Å². The molecule has 3 N–H and O–H groups in total. The maximum atomic E-state index is 5.93. The van der Waals surface area contributed by atoms with E-state index in [9.17, 15) is 0 Å². The van der Waals surface area contributed by atoms with Crippen molar-refractivity contribution in [2.45, 2.75) is 50.7 Å². The molecule has 5 heteroatoms. The molecule has 0 spiro atoms. The minimum Gasteiger partial charge on any atom is -0.377 e. The van der Waals surface area contributed by atoms with Crippen LogP contribution in [0.15, 0.2) is 15.9 Å². The topological polar surface area (TPSA) is 47.3 Å². The average molecular weight is 347 g/mol. The molecule has 1 heterocycles. The van der Waals surface area contributed by atoms with E-state index in [0.717, 1.165) is 23.7 Å². The molecule has 0 saturated heterocycles.